The summed E-state index contributed by atoms with van der Waals surface area (Å²) in [6.45, 7) is 1.65. The highest BCUT2D eigenvalue weighted by molar-refractivity contribution is 5.20. The van der Waals surface area contributed by atoms with Gasteiger partial charge in [0.25, 0.3) is 0 Å². The fraction of sp³-hybridized carbons (Fsp3) is 0.500. The molecule has 0 saturated carbocycles. The molecule has 0 aromatic heterocycles. The first-order chi connectivity index (χ1) is 6.93. The van der Waals surface area contributed by atoms with Gasteiger partial charge in [-0.25, -0.2) is 0 Å². The van der Waals surface area contributed by atoms with Crippen LogP contribution in [0.4, 0.5) is 0 Å². The summed E-state index contributed by atoms with van der Waals surface area (Å²) in [5, 5.41) is 0. The Morgan fingerprint density at radius 1 is 0.929 bits per heavy atom. The fourth-order valence-corrected chi connectivity index (χ4v) is 1.23. The highest BCUT2D eigenvalue weighted by Gasteiger charge is 1.91. The molecule has 1 aromatic carbocycles. The first kappa shape index (κ1) is 11.1. The van der Waals surface area contributed by atoms with E-state index in [4.69, 9.17) is 9.47 Å². The van der Waals surface area contributed by atoms with Gasteiger partial charge in [-0.2, -0.15) is 0 Å². The number of unbranched alkanes of at least 4 members (excludes halogenated alkanes) is 2. The highest BCUT2D eigenvalue weighted by atomic mass is 16.5. The summed E-state index contributed by atoms with van der Waals surface area (Å²) >= 11 is 0. The van der Waals surface area contributed by atoms with Crippen molar-refractivity contribution in [2.45, 2.75) is 19.3 Å². The van der Waals surface area contributed by atoms with E-state index in [2.05, 4.69) is 0 Å². The molecule has 0 atom stereocenters. The van der Waals surface area contributed by atoms with Crippen molar-refractivity contribution in [2.24, 2.45) is 0 Å². The number of methoxy groups -OCH3 is 1. The zero-order chi connectivity index (χ0) is 10.1. The average molecular weight is 194 g/mol. The van der Waals surface area contributed by atoms with Crippen molar-refractivity contribution in [2.75, 3.05) is 20.3 Å². The molecule has 0 spiro atoms. The molecular weight excluding hydrogens is 176 g/mol. The van der Waals surface area contributed by atoms with Gasteiger partial charge >= 0.3 is 0 Å². The third-order valence-electron chi connectivity index (χ3n) is 2.00. The second kappa shape index (κ2) is 7.39. The predicted octanol–water partition coefficient (Wildman–Crippen LogP) is 2.88. The Hall–Kier alpha value is -1.02. The van der Waals surface area contributed by atoms with Crippen LogP contribution >= 0.6 is 0 Å². The lowest BCUT2D eigenvalue weighted by atomic mass is 10.2. The van der Waals surface area contributed by atoms with Gasteiger partial charge in [0.15, 0.2) is 0 Å². The second-order valence-electron chi connectivity index (χ2n) is 3.21. The molecule has 0 N–H and O–H groups in total. The minimum absolute atomic E-state index is 0.799. The van der Waals surface area contributed by atoms with Gasteiger partial charge in [0.1, 0.15) is 5.75 Å². The van der Waals surface area contributed by atoms with Crippen LogP contribution in [0, 0.1) is 0 Å². The lowest BCUT2D eigenvalue weighted by molar-refractivity contribution is 0.189. The number of hydrogen-bond acceptors (Lipinski definition) is 2. The summed E-state index contributed by atoms with van der Waals surface area (Å²) in [5.74, 6) is 0.958. The Morgan fingerprint density at radius 3 is 2.36 bits per heavy atom. The normalized spacial score (nSPS) is 10.1. The summed E-state index contributed by atoms with van der Waals surface area (Å²) < 4.78 is 10.5. The third kappa shape index (κ3) is 4.87. The minimum Gasteiger partial charge on any atom is -0.494 e. The van der Waals surface area contributed by atoms with Crippen molar-refractivity contribution in [3.05, 3.63) is 30.3 Å². The quantitative estimate of drug-likeness (QED) is 0.621. The third-order valence-corrected chi connectivity index (χ3v) is 2.00. The molecule has 0 unspecified atom stereocenters. The maximum Gasteiger partial charge on any atom is 0.119 e. The highest BCUT2D eigenvalue weighted by Crippen LogP contribution is 2.09. The van der Waals surface area contributed by atoms with E-state index in [-0.39, 0.29) is 0 Å². The Morgan fingerprint density at radius 2 is 1.64 bits per heavy atom. The van der Waals surface area contributed by atoms with Gasteiger partial charge in [0.2, 0.25) is 0 Å². The summed E-state index contributed by atoms with van der Waals surface area (Å²) in [6.07, 6.45) is 3.38. The van der Waals surface area contributed by atoms with E-state index in [0.717, 1.165) is 31.8 Å². The largest absolute Gasteiger partial charge is 0.494 e. The van der Waals surface area contributed by atoms with E-state index < -0.39 is 0 Å². The predicted molar refractivity (Wildman–Crippen MR) is 57.7 cm³/mol. The van der Waals surface area contributed by atoms with Crippen molar-refractivity contribution < 1.29 is 9.47 Å². The first-order valence-electron chi connectivity index (χ1n) is 5.10. The molecule has 0 aliphatic rings. The van der Waals surface area contributed by atoms with Crippen molar-refractivity contribution >= 4 is 0 Å². The van der Waals surface area contributed by atoms with Gasteiger partial charge in [0.05, 0.1) is 6.61 Å². The van der Waals surface area contributed by atoms with Gasteiger partial charge in [0, 0.05) is 13.7 Å². The lowest BCUT2D eigenvalue weighted by Gasteiger charge is -2.05. The van der Waals surface area contributed by atoms with E-state index in [1.165, 1.54) is 6.42 Å². The molecule has 0 radical (unpaired) electrons. The van der Waals surface area contributed by atoms with Crippen molar-refractivity contribution in [1.29, 1.82) is 0 Å². The molecular formula is C12H18O2. The molecule has 0 bridgehead atoms. The van der Waals surface area contributed by atoms with Crippen LogP contribution in [0.5, 0.6) is 5.75 Å². The van der Waals surface area contributed by atoms with E-state index >= 15 is 0 Å². The number of benzene rings is 1. The van der Waals surface area contributed by atoms with E-state index in [1.54, 1.807) is 7.11 Å². The van der Waals surface area contributed by atoms with Crippen LogP contribution in [-0.2, 0) is 4.74 Å². The maximum absolute atomic E-state index is 5.55. The van der Waals surface area contributed by atoms with Gasteiger partial charge in [-0.15, -0.1) is 0 Å². The van der Waals surface area contributed by atoms with Gasteiger partial charge < -0.3 is 9.47 Å². The number of ether oxygens (including phenoxy) is 2. The first-order valence-corrected chi connectivity index (χ1v) is 5.10. The zero-order valence-electron chi connectivity index (χ0n) is 8.74. The molecule has 1 aromatic rings. The Bertz CT molecular complexity index is 221. The maximum atomic E-state index is 5.55. The zero-order valence-corrected chi connectivity index (χ0v) is 8.74. The van der Waals surface area contributed by atoms with Crippen LogP contribution in [0.3, 0.4) is 0 Å². The van der Waals surface area contributed by atoms with Crippen LogP contribution in [0.1, 0.15) is 19.3 Å². The van der Waals surface area contributed by atoms with Crippen molar-refractivity contribution in [1.82, 2.24) is 0 Å². The molecule has 0 aliphatic heterocycles. The topological polar surface area (TPSA) is 18.5 Å². The molecule has 0 amide bonds. The number of rotatable bonds is 7. The van der Waals surface area contributed by atoms with Crippen LogP contribution in [0.15, 0.2) is 30.3 Å². The Labute approximate surface area is 85.8 Å². The Balaban J connectivity index is 1.99. The molecule has 0 fully saturated rings. The molecule has 0 aliphatic carbocycles. The minimum atomic E-state index is 0.799. The Kier molecular flexibility index (Phi) is 5.84. The van der Waals surface area contributed by atoms with Crippen LogP contribution in [0.2, 0.25) is 0 Å². The van der Waals surface area contributed by atoms with Crippen LogP contribution in [0.25, 0.3) is 0 Å². The monoisotopic (exact) mass is 194 g/mol. The van der Waals surface area contributed by atoms with Gasteiger partial charge in [-0.1, -0.05) is 18.2 Å². The fourth-order valence-electron chi connectivity index (χ4n) is 1.23. The van der Waals surface area contributed by atoms with Gasteiger partial charge in [-0.05, 0) is 31.4 Å². The molecule has 0 saturated heterocycles. The lowest BCUT2D eigenvalue weighted by Crippen LogP contribution is -1.98. The van der Waals surface area contributed by atoms with Crippen molar-refractivity contribution in [3.8, 4) is 5.75 Å². The van der Waals surface area contributed by atoms with E-state index in [1.807, 2.05) is 30.3 Å². The van der Waals surface area contributed by atoms with Gasteiger partial charge in [-0.3, -0.25) is 0 Å². The molecule has 1 rings (SSSR count). The van der Waals surface area contributed by atoms with E-state index in [0.29, 0.717) is 0 Å². The molecule has 2 nitrogen and oxygen atoms in total. The van der Waals surface area contributed by atoms with E-state index in [9.17, 15) is 0 Å². The molecule has 14 heavy (non-hydrogen) atoms. The smallest absolute Gasteiger partial charge is 0.119 e. The molecule has 0 heterocycles. The number of hydrogen-bond donors (Lipinski definition) is 0. The summed E-state index contributed by atoms with van der Waals surface area (Å²) in [7, 11) is 1.74. The van der Waals surface area contributed by atoms with Crippen molar-refractivity contribution in [3.63, 3.8) is 0 Å². The summed E-state index contributed by atoms with van der Waals surface area (Å²) in [4.78, 5) is 0. The van der Waals surface area contributed by atoms with Crippen LogP contribution in [-0.4, -0.2) is 20.3 Å². The molecule has 78 valence electrons. The number of para-hydroxylation sites is 1. The molecule has 2 heteroatoms. The summed E-state index contributed by atoms with van der Waals surface area (Å²) in [5.41, 5.74) is 0. The SMILES string of the molecule is COCCCCCOc1ccccc1. The standard InChI is InChI=1S/C12H18O2/c1-13-10-6-3-7-11-14-12-8-4-2-5-9-12/h2,4-5,8-9H,3,6-7,10-11H2,1H3. The second-order valence-corrected chi connectivity index (χ2v) is 3.21. The average Bonchev–Trinajstić information content (AvgIpc) is 2.25. The summed E-state index contributed by atoms with van der Waals surface area (Å²) in [6, 6.07) is 9.93. The van der Waals surface area contributed by atoms with Crippen LogP contribution < -0.4 is 4.74 Å².